The molecular weight excluding hydrogens is 288 g/mol. The molecule has 0 unspecified atom stereocenters. The quantitative estimate of drug-likeness (QED) is 0.476. The van der Waals surface area contributed by atoms with Gasteiger partial charge in [0.25, 0.3) is 0 Å². The summed E-state index contributed by atoms with van der Waals surface area (Å²) in [5, 5.41) is 0. The molecule has 0 nitrogen and oxygen atoms in total. The molecule has 0 bridgehead atoms. The largest absolute Gasteiger partial charge is 0.0991 e. The predicted octanol–water partition coefficient (Wildman–Crippen LogP) is 7.14. The molecule has 0 aliphatic carbocycles. The Kier molecular flexibility index (Phi) is 6.57. The van der Waals surface area contributed by atoms with Gasteiger partial charge in [-0.05, 0) is 54.5 Å². The number of benzene rings is 2. The van der Waals surface area contributed by atoms with Crippen molar-refractivity contribution in [2.75, 3.05) is 0 Å². The van der Waals surface area contributed by atoms with Crippen molar-refractivity contribution in [3.63, 3.8) is 0 Å². The number of aryl methyl sites for hydroxylation is 1. The molecule has 0 atom stereocenters. The summed E-state index contributed by atoms with van der Waals surface area (Å²) in [6.07, 6.45) is 9.91. The average Bonchev–Trinajstić information content (AvgIpc) is 2.60. The minimum atomic E-state index is 0.967. The van der Waals surface area contributed by atoms with E-state index in [0.717, 1.165) is 12.8 Å². The minimum absolute atomic E-state index is 0.967. The molecule has 0 heteroatoms. The molecule has 0 saturated heterocycles. The molecule has 0 saturated carbocycles. The fourth-order valence-electron chi connectivity index (χ4n) is 2.85. The zero-order chi connectivity index (χ0) is 17.4. The van der Waals surface area contributed by atoms with Crippen LogP contribution in [0.1, 0.15) is 30.9 Å². The summed E-state index contributed by atoms with van der Waals surface area (Å²) < 4.78 is 0. The normalized spacial score (nSPS) is 11.7. The lowest BCUT2D eigenvalue weighted by Gasteiger charge is -2.15. The highest BCUT2D eigenvalue weighted by atomic mass is 14.1. The van der Waals surface area contributed by atoms with Crippen molar-refractivity contribution >= 4 is 5.57 Å². The van der Waals surface area contributed by atoms with Gasteiger partial charge < -0.3 is 0 Å². The average molecular weight is 314 g/mol. The summed E-state index contributed by atoms with van der Waals surface area (Å²) >= 11 is 0. The molecular formula is C24H26. The summed E-state index contributed by atoms with van der Waals surface area (Å²) in [6, 6.07) is 17.0. The molecule has 0 N–H and O–H groups in total. The predicted molar refractivity (Wildman–Crippen MR) is 108 cm³/mol. The van der Waals surface area contributed by atoms with Gasteiger partial charge in [0, 0.05) is 0 Å². The first-order valence-corrected chi connectivity index (χ1v) is 8.41. The zero-order valence-electron chi connectivity index (χ0n) is 14.8. The van der Waals surface area contributed by atoms with Gasteiger partial charge in [-0.25, -0.2) is 0 Å². The van der Waals surface area contributed by atoms with Gasteiger partial charge in [0.15, 0.2) is 0 Å². The molecule has 0 heterocycles. The molecule has 0 amide bonds. The Bertz CT molecular complexity index is 758. The Balaban J connectivity index is 2.22. The molecule has 0 spiro atoms. The molecule has 2 aromatic rings. The lowest BCUT2D eigenvalue weighted by molar-refractivity contribution is 0.992. The summed E-state index contributed by atoms with van der Waals surface area (Å²) in [5.41, 5.74) is 7.65. The van der Waals surface area contributed by atoms with E-state index in [1.807, 2.05) is 12.2 Å². The first kappa shape index (κ1) is 17.7. The highest BCUT2D eigenvalue weighted by molar-refractivity contribution is 5.82. The monoisotopic (exact) mass is 314 g/mol. The third-order valence-electron chi connectivity index (χ3n) is 4.16. The fourth-order valence-corrected chi connectivity index (χ4v) is 2.85. The highest BCUT2D eigenvalue weighted by Gasteiger charge is 2.10. The molecule has 2 rings (SSSR count). The van der Waals surface area contributed by atoms with Crippen LogP contribution in [-0.2, 0) is 0 Å². The van der Waals surface area contributed by atoms with Crippen LogP contribution >= 0.6 is 0 Å². The van der Waals surface area contributed by atoms with Gasteiger partial charge in [-0.2, -0.15) is 0 Å². The van der Waals surface area contributed by atoms with Crippen molar-refractivity contribution in [1.82, 2.24) is 0 Å². The van der Waals surface area contributed by atoms with Gasteiger partial charge in [0.05, 0.1) is 0 Å². The molecule has 0 aliphatic rings. The minimum Gasteiger partial charge on any atom is -0.0991 e. The van der Waals surface area contributed by atoms with E-state index < -0.39 is 0 Å². The van der Waals surface area contributed by atoms with E-state index in [4.69, 9.17) is 0 Å². The number of allylic oxidation sites excluding steroid dienone is 6. The maximum atomic E-state index is 4.38. The second kappa shape index (κ2) is 8.88. The Morgan fingerprint density at radius 2 is 1.71 bits per heavy atom. The van der Waals surface area contributed by atoms with Crippen molar-refractivity contribution in [3.05, 3.63) is 103 Å². The number of hydrogen-bond donors (Lipinski definition) is 0. The Morgan fingerprint density at radius 1 is 0.958 bits per heavy atom. The second-order valence-electron chi connectivity index (χ2n) is 6.10. The Labute approximate surface area is 146 Å². The third-order valence-corrected chi connectivity index (χ3v) is 4.16. The van der Waals surface area contributed by atoms with E-state index in [9.17, 15) is 0 Å². The van der Waals surface area contributed by atoms with Crippen molar-refractivity contribution in [2.24, 2.45) is 0 Å². The van der Waals surface area contributed by atoms with Crippen molar-refractivity contribution in [2.45, 2.75) is 26.7 Å². The number of rotatable bonds is 7. The SMILES string of the molecule is C=C/C=C\C=C(/C)CCC(=C)c1c(C)cccc1-c1ccccc1. The van der Waals surface area contributed by atoms with Gasteiger partial charge in [-0.3, -0.25) is 0 Å². The molecule has 0 radical (unpaired) electrons. The van der Waals surface area contributed by atoms with Crippen LogP contribution in [0, 0.1) is 6.92 Å². The van der Waals surface area contributed by atoms with Crippen molar-refractivity contribution < 1.29 is 0 Å². The van der Waals surface area contributed by atoms with Gasteiger partial charge >= 0.3 is 0 Å². The zero-order valence-corrected chi connectivity index (χ0v) is 14.8. The van der Waals surface area contributed by atoms with Crippen LogP contribution in [0.25, 0.3) is 16.7 Å². The van der Waals surface area contributed by atoms with Gasteiger partial charge in [-0.1, -0.05) is 91.6 Å². The lowest BCUT2D eigenvalue weighted by Crippen LogP contribution is -1.94. The van der Waals surface area contributed by atoms with Crippen LogP contribution in [-0.4, -0.2) is 0 Å². The molecule has 24 heavy (non-hydrogen) atoms. The second-order valence-corrected chi connectivity index (χ2v) is 6.10. The summed E-state index contributed by atoms with van der Waals surface area (Å²) in [5.74, 6) is 0. The van der Waals surface area contributed by atoms with E-state index in [1.165, 1.54) is 33.4 Å². The van der Waals surface area contributed by atoms with Gasteiger partial charge in [0.2, 0.25) is 0 Å². The van der Waals surface area contributed by atoms with E-state index in [1.54, 1.807) is 6.08 Å². The van der Waals surface area contributed by atoms with E-state index in [0.29, 0.717) is 0 Å². The van der Waals surface area contributed by atoms with E-state index >= 15 is 0 Å². The van der Waals surface area contributed by atoms with Crippen LogP contribution in [0.3, 0.4) is 0 Å². The maximum Gasteiger partial charge on any atom is -0.0106 e. The van der Waals surface area contributed by atoms with Crippen molar-refractivity contribution in [3.8, 4) is 11.1 Å². The highest BCUT2D eigenvalue weighted by Crippen LogP contribution is 2.33. The molecule has 2 aromatic carbocycles. The van der Waals surface area contributed by atoms with Crippen LogP contribution in [0.4, 0.5) is 0 Å². The van der Waals surface area contributed by atoms with Crippen molar-refractivity contribution in [1.29, 1.82) is 0 Å². The van der Waals surface area contributed by atoms with E-state index in [-0.39, 0.29) is 0 Å². The number of hydrogen-bond acceptors (Lipinski definition) is 0. The molecule has 0 fully saturated rings. The van der Waals surface area contributed by atoms with Crippen LogP contribution in [0.2, 0.25) is 0 Å². The van der Waals surface area contributed by atoms with Gasteiger partial charge in [-0.15, -0.1) is 0 Å². The summed E-state index contributed by atoms with van der Waals surface area (Å²) in [6.45, 7) is 12.4. The topological polar surface area (TPSA) is 0 Å². The van der Waals surface area contributed by atoms with Crippen LogP contribution < -0.4 is 0 Å². The third kappa shape index (κ3) is 4.70. The van der Waals surface area contributed by atoms with Crippen LogP contribution in [0.5, 0.6) is 0 Å². The fraction of sp³-hybridized carbons (Fsp3) is 0.167. The summed E-state index contributed by atoms with van der Waals surface area (Å²) in [4.78, 5) is 0. The smallest absolute Gasteiger partial charge is 0.0106 e. The Hall–Kier alpha value is -2.60. The first-order chi connectivity index (χ1) is 11.6. The lowest BCUT2D eigenvalue weighted by atomic mass is 9.89. The molecule has 0 aromatic heterocycles. The van der Waals surface area contributed by atoms with Crippen LogP contribution in [0.15, 0.2) is 91.6 Å². The van der Waals surface area contributed by atoms with E-state index in [2.05, 4.69) is 81.6 Å². The molecule has 122 valence electrons. The Morgan fingerprint density at radius 3 is 2.42 bits per heavy atom. The van der Waals surface area contributed by atoms with Gasteiger partial charge in [0.1, 0.15) is 0 Å². The standard InChI is InChI=1S/C24H26/c1-5-6-8-12-19(2)17-18-21(4)24-20(3)13-11-16-23(24)22-14-9-7-10-15-22/h5-16H,1,4,17-18H2,2-3H3/b8-6-,19-12+. The summed E-state index contributed by atoms with van der Waals surface area (Å²) in [7, 11) is 0. The first-order valence-electron chi connectivity index (χ1n) is 8.41. The molecule has 0 aliphatic heterocycles. The maximum absolute atomic E-state index is 4.38.